The van der Waals surface area contributed by atoms with E-state index in [4.69, 9.17) is 0 Å². The minimum atomic E-state index is -4.69. The predicted molar refractivity (Wildman–Crippen MR) is 100.0 cm³/mol. The number of carbonyl (C=O) groups excluding carboxylic acids is 1. The summed E-state index contributed by atoms with van der Waals surface area (Å²) in [6.07, 6.45) is -2.01. The molecule has 0 N–H and O–H groups in total. The van der Waals surface area contributed by atoms with Crippen LogP contribution in [0.4, 0.5) is 18.9 Å². The number of hydrogen-bond donors (Lipinski definition) is 0. The Labute approximate surface area is 168 Å². The van der Waals surface area contributed by atoms with Crippen LogP contribution >= 0.6 is 0 Å². The zero-order valence-corrected chi connectivity index (χ0v) is 15.7. The van der Waals surface area contributed by atoms with Gasteiger partial charge in [-0.25, -0.2) is 9.67 Å². The van der Waals surface area contributed by atoms with Gasteiger partial charge in [0.05, 0.1) is 28.9 Å². The Bertz CT molecular complexity index is 1070. The normalized spacial score (nSPS) is 11.3. The fraction of sp³-hybridized carbons (Fsp3) is 0.211. The average molecular weight is 419 g/mol. The Balaban J connectivity index is 1.96. The number of nitro groups is 1. The molecule has 3 rings (SSSR count). The molecule has 0 unspecified atom stereocenters. The van der Waals surface area contributed by atoms with Gasteiger partial charge in [0.2, 0.25) is 0 Å². The first kappa shape index (κ1) is 21.0. The first-order valence-electron chi connectivity index (χ1n) is 8.71. The number of rotatable bonds is 6. The lowest BCUT2D eigenvalue weighted by Crippen LogP contribution is -2.38. The van der Waals surface area contributed by atoms with Crippen LogP contribution in [-0.4, -0.2) is 43.2 Å². The van der Waals surface area contributed by atoms with Crippen molar-refractivity contribution in [2.45, 2.75) is 19.6 Å². The lowest BCUT2D eigenvalue weighted by atomic mass is 10.1. The van der Waals surface area contributed by atoms with Crippen molar-refractivity contribution in [2.75, 3.05) is 6.54 Å². The Morgan fingerprint density at radius 3 is 2.53 bits per heavy atom. The van der Waals surface area contributed by atoms with Crippen LogP contribution in [0.3, 0.4) is 0 Å². The minimum absolute atomic E-state index is 0.00475. The molecule has 0 atom stereocenters. The van der Waals surface area contributed by atoms with E-state index < -0.39 is 30.1 Å². The number of para-hydroxylation sites is 1. The van der Waals surface area contributed by atoms with Crippen molar-refractivity contribution >= 4 is 11.6 Å². The molecule has 2 heterocycles. The number of amides is 1. The topological polar surface area (TPSA) is 94.2 Å². The van der Waals surface area contributed by atoms with Gasteiger partial charge >= 0.3 is 6.18 Å². The first-order valence-corrected chi connectivity index (χ1v) is 8.71. The second-order valence-electron chi connectivity index (χ2n) is 6.41. The van der Waals surface area contributed by atoms with Gasteiger partial charge in [-0.05, 0) is 19.1 Å². The maximum atomic E-state index is 13.2. The number of halogens is 3. The van der Waals surface area contributed by atoms with Crippen LogP contribution in [0.25, 0.3) is 5.82 Å². The SMILES string of the molecule is Cc1c(C(=O)N(Cc2ccccc2[N+](=O)[O-])CC(F)(F)F)cnn1-c1ccccn1. The predicted octanol–water partition coefficient (Wildman–Crippen LogP) is 3.69. The van der Waals surface area contributed by atoms with Gasteiger partial charge in [-0.15, -0.1) is 0 Å². The molecular formula is C19H16F3N5O3. The third-order valence-electron chi connectivity index (χ3n) is 4.31. The number of carbonyl (C=O) groups is 1. The molecule has 1 aromatic carbocycles. The molecule has 0 bridgehead atoms. The van der Waals surface area contributed by atoms with Crippen LogP contribution < -0.4 is 0 Å². The zero-order valence-electron chi connectivity index (χ0n) is 15.7. The van der Waals surface area contributed by atoms with Gasteiger partial charge in [0.15, 0.2) is 5.82 Å². The monoisotopic (exact) mass is 419 g/mol. The summed E-state index contributed by atoms with van der Waals surface area (Å²) >= 11 is 0. The fourth-order valence-corrected chi connectivity index (χ4v) is 2.94. The molecule has 0 radical (unpaired) electrons. The second kappa shape index (κ2) is 8.31. The molecule has 0 aliphatic carbocycles. The largest absolute Gasteiger partial charge is 0.406 e. The Morgan fingerprint density at radius 1 is 1.20 bits per heavy atom. The number of alkyl halides is 3. The van der Waals surface area contributed by atoms with E-state index in [1.165, 1.54) is 42.1 Å². The van der Waals surface area contributed by atoms with Crippen molar-refractivity contribution in [3.05, 3.63) is 81.8 Å². The maximum Gasteiger partial charge on any atom is 0.406 e. The third kappa shape index (κ3) is 4.62. The average Bonchev–Trinajstić information content (AvgIpc) is 3.08. The number of nitro benzene ring substituents is 1. The van der Waals surface area contributed by atoms with Crippen molar-refractivity contribution in [1.82, 2.24) is 19.7 Å². The third-order valence-corrected chi connectivity index (χ3v) is 4.31. The van der Waals surface area contributed by atoms with Crippen molar-refractivity contribution in [1.29, 1.82) is 0 Å². The Morgan fingerprint density at radius 2 is 1.90 bits per heavy atom. The van der Waals surface area contributed by atoms with Gasteiger partial charge < -0.3 is 4.90 Å². The highest BCUT2D eigenvalue weighted by molar-refractivity contribution is 5.95. The van der Waals surface area contributed by atoms with E-state index >= 15 is 0 Å². The van der Waals surface area contributed by atoms with Crippen LogP contribution in [0.5, 0.6) is 0 Å². The smallest absolute Gasteiger partial charge is 0.325 e. The highest BCUT2D eigenvalue weighted by atomic mass is 19.4. The summed E-state index contributed by atoms with van der Waals surface area (Å²) in [7, 11) is 0. The summed E-state index contributed by atoms with van der Waals surface area (Å²) in [4.78, 5) is 28.1. The molecule has 0 aliphatic heterocycles. The number of pyridine rings is 1. The van der Waals surface area contributed by atoms with Crippen molar-refractivity contribution in [2.24, 2.45) is 0 Å². The molecule has 2 aromatic heterocycles. The molecule has 1 amide bonds. The van der Waals surface area contributed by atoms with Crippen LogP contribution in [0.15, 0.2) is 54.9 Å². The molecule has 156 valence electrons. The maximum absolute atomic E-state index is 13.2. The van der Waals surface area contributed by atoms with E-state index in [1.54, 1.807) is 18.2 Å². The molecule has 8 nitrogen and oxygen atoms in total. The van der Waals surface area contributed by atoms with Gasteiger partial charge in [0.25, 0.3) is 11.6 Å². The quantitative estimate of drug-likeness (QED) is 0.449. The van der Waals surface area contributed by atoms with Gasteiger partial charge in [-0.2, -0.15) is 18.3 Å². The highest BCUT2D eigenvalue weighted by Gasteiger charge is 2.35. The number of hydrogen-bond acceptors (Lipinski definition) is 5. The van der Waals surface area contributed by atoms with E-state index in [2.05, 4.69) is 10.1 Å². The minimum Gasteiger partial charge on any atom is -0.325 e. The first-order chi connectivity index (χ1) is 14.2. The summed E-state index contributed by atoms with van der Waals surface area (Å²) in [5.41, 5.74) is -0.120. The van der Waals surface area contributed by atoms with Gasteiger partial charge in [-0.3, -0.25) is 14.9 Å². The molecule has 0 saturated carbocycles. The van der Waals surface area contributed by atoms with Gasteiger partial charge in [0, 0.05) is 17.8 Å². The van der Waals surface area contributed by atoms with Crippen molar-refractivity contribution < 1.29 is 22.9 Å². The van der Waals surface area contributed by atoms with E-state index in [0.29, 0.717) is 16.4 Å². The zero-order chi connectivity index (χ0) is 21.9. The number of nitrogens with zero attached hydrogens (tertiary/aromatic N) is 5. The Kier molecular flexibility index (Phi) is 5.81. The van der Waals surface area contributed by atoms with E-state index in [-0.39, 0.29) is 16.8 Å². The summed E-state index contributed by atoms with van der Waals surface area (Å²) < 4.78 is 40.8. The molecule has 11 heteroatoms. The van der Waals surface area contributed by atoms with E-state index in [0.717, 1.165) is 6.20 Å². The summed E-state index contributed by atoms with van der Waals surface area (Å²) in [6.45, 7) is -0.610. The lowest BCUT2D eigenvalue weighted by molar-refractivity contribution is -0.385. The second-order valence-corrected chi connectivity index (χ2v) is 6.41. The molecule has 0 spiro atoms. The Hall–Kier alpha value is -3.76. The number of aromatic nitrogens is 3. The fourth-order valence-electron chi connectivity index (χ4n) is 2.94. The van der Waals surface area contributed by atoms with Crippen molar-refractivity contribution in [3.63, 3.8) is 0 Å². The molecule has 0 aliphatic rings. The van der Waals surface area contributed by atoms with Crippen LogP contribution in [0, 0.1) is 17.0 Å². The molecule has 0 saturated heterocycles. The van der Waals surface area contributed by atoms with Gasteiger partial charge in [-0.1, -0.05) is 24.3 Å². The highest BCUT2D eigenvalue weighted by Crippen LogP contribution is 2.25. The van der Waals surface area contributed by atoms with Crippen LogP contribution in [0.1, 0.15) is 21.6 Å². The van der Waals surface area contributed by atoms with Crippen molar-refractivity contribution in [3.8, 4) is 5.82 Å². The number of benzene rings is 1. The molecular weight excluding hydrogens is 403 g/mol. The van der Waals surface area contributed by atoms with Crippen LogP contribution in [-0.2, 0) is 6.54 Å². The molecule has 30 heavy (non-hydrogen) atoms. The summed E-state index contributed by atoms with van der Waals surface area (Å²) in [6, 6.07) is 10.4. The van der Waals surface area contributed by atoms with E-state index in [1.807, 2.05) is 0 Å². The van der Waals surface area contributed by atoms with E-state index in [9.17, 15) is 28.1 Å². The summed E-state index contributed by atoms with van der Waals surface area (Å²) in [5, 5.41) is 15.3. The summed E-state index contributed by atoms with van der Waals surface area (Å²) in [5.74, 6) is -0.541. The molecule has 3 aromatic rings. The lowest BCUT2D eigenvalue weighted by Gasteiger charge is -2.24. The molecule has 0 fully saturated rings. The van der Waals surface area contributed by atoms with Gasteiger partial charge in [0.1, 0.15) is 6.54 Å². The van der Waals surface area contributed by atoms with Crippen LogP contribution in [0.2, 0.25) is 0 Å². The standard InChI is InChI=1S/C19H16F3N5O3/c1-13-15(10-24-26(13)17-8-4-5-9-23-17)18(28)25(12-19(20,21)22)11-14-6-2-3-7-16(14)27(29)30/h2-10H,11-12H2,1H3.